The van der Waals surface area contributed by atoms with Crippen LogP contribution in [0.25, 0.3) is 0 Å². The number of nitriles is 1. The predicted octanol–water partition coefficient (Wildman–Crippen LogP) is 3.54. The standard InChI is InChI=1S/C18H31N3O4/c1-4-5-6-7-8-9-12-24-18(23)21-14-16(13-15(21)10-11-19)25-17(22)20(2)3/h15-16H,4-10,12-14H2,1-3H3/t15-,16-/m1/s1. The van der Waals surface area contributed by atoms with Crippen LogP contribution in [0, 0.1) is 11.3 Å². The Bertz CT molecular complexity index is 462. The number of ether oxygens (including phenoxy) is 2. The Labute approximate surface area is 150 Å². The van der Waals surface area contributed by atoms with Gasteiger partial charge in [0.05, 0.1) is 31.7 Å². The maximum atomic E-state index is 12.3. The molecule has 0 aromatic heterocycles. The van der Waals surface area contributed by atoms with Crippen LogP contribution in [0.5, 0.6) is 0 Å². The van der Waals surface area contributed by atoms with Crippen molar-refractivity contribution in [2.24, 2.45) is 0 Å². The Hall–Kier alpha value is -1.97. The molecule has 0 aromatic rings. The second kappa shape index (κ2) is 11.6. The molecular weight excluding hydrogens is 322 g/mol. The molecule has 1 aliphatic rings. The second-order valence-electron chi connectivity index (χ2n) is 6.69. The highest BCUT2D eigenvalue weighted by Crippen LogP contribution is 2.24. The fraction of sp³-hybridized carbons (Fsp3) is 0.833. The topological polar surface area (TPSA) is 82.9 Å². The first-order valence-corrected chi connectivity index (χ1v) is 9.17. The number of hydrogen-bond donors (Lipinski definition) is 0. The first kappa shape index (κ1) is 21.1. The number of amides is 2. The summed E-state index contributed by atoms with van der Waals surface area (Å²) in [5.74, 6) is 0. The van der Waals surface area contributed by atoms with Gasteiger partial charge in [0.15, 0.2) is 0 Å². The summed E-state index contributed by atoms with van der Waals surface area (Å²) in [6, 6.07) is 1.82. The molecule has 1 aliphatic heterocycles. The van der Waals surface area contributed by atoms with Crippen molar-refractivity contribution >= 4 is 12.2 Å². The van der Waals surface area contributed by atoms with Crippen LogP contribution in [0.2, 0.25) is 0 Å². The molecule has 1 fully saturated rings. The number of carbonyl (C=O) groups is 2. The molecule has 25 heavy (non-hydrogen) atoms. The lowest BCUT2D eigenvalue weighted by Crippen LogP contribution is -2.37. The van der Waals surface area contributed by atoms with Crippen molar-refractivity contribution in [3.8, 4) is 6.07 Å². The van der Waals surface area contributed by atoms with Gasteiger partial charge in [-0.25, -0.2) is 9.59 Å². The minimum atomic E-state index is -0.442. The van der Waals surface area contributed by atoms with Gasteiger partial charge < -0.3 is 19.3 Å². The number of nitrogens with zero attached hydrogens (tertiary/aromatic N) is 3. The van der Waals surface area contributed by atoms with Gasteiger partial charge in [-0.05, 0) is 6.42 Å². The van der Waals surface area contributed by atoms with Crippen molar-refractivity contribution in [2.75, 3.05) is 27.2 Å². The lowest BCUT2D eigenvalue weighted by atomic mass is 10.1. The summed E-state index contributed by atoms with van der Waals surface area (Å²) in [5, 5.41) is 8.95. The van der Waals surface area contributed by atoms with E-state index in [1.165, 1.54) is 29.1 Å². The normalized spacial score (nSPS) is 19.4. The van der Waals surface area contributed by atoms with Gasteiger partial charge in [-0.2, -0.15) is 5.26 Å². The maximum Gasteiger partial charge on any atom is 0.410 e. The second-order valence-corrected chi connectivity index (χ2v) is 6.69. The molecule has 2 atom stereocenters. The molecule has 1 heterocycles. The van der Waals surface area contributed by atoms with Crippen LogP contribution in [-0.4, -0.2) is 61.4 Å². The summed E-state index contributed by atoms with van der Waals surface area (Å²) in [4.78, 5) is 26.8. The van der Waals surface area contributed by atoms with E-state index in [1.54, 1.807) is 14.1 Å². The molecule has 0 aromatic carbocycles. The summed E-state index contributed by atoms with van der Waals surface area (Å²) in [6.07, 6.45) is 6.18. The third kappa shape index (κ3) is 7.63. The van der Waals surface area contributed by atoms with Gasteiger partial charge >= 0.3 is 12.2 Å². The zero-order valence-electron chi connectivity index (χ0n) is 15.7. The highest BCUT2D eigenvalue weighted by Gasteiger charge is 2.38. The van der Waals surface area contributed by atoms with Gasteiger partial charge in [0.1, 0.15) is 6.10 Å². The van der Waals surface area contributed by atoms with E-state index in [1.807, 2.05) is 0 Å². The van der Waals surface area contributed by atoms with Crippen LogP contribution < -0.4 is 0 Å². The monoisotopic (exact) mass is 353 g/mol. The van der Waals surface area contributed by atoms with E-state index in [9.17, 15) is 9.59 Å². The third-order valence-electron chi connectivity index (χ3n) is 4.29. The average molecular weight is 353 g/mol. The summed E-state index contributed by atoms with van der Waals surface area (Å²) in [7, 11) is 3.22. The first-order chi connectivity index (χ1) is 12.0. The van der Waals surface area contributed by atoms with Crippen LogP contribution in [-0.2, 0) is 9.47 Å². The van der Waals surface area contributed by atoms with Crippen LogP contribution in [0.3, 0.4) is 0 Å². The van der Waals surface area contributed by atoms with E-state index in [0.717, 1.165) is 19.3 Å². The van der Waals surface area contributed by atoms with E-state index in [2.05, 4.69) is 13.0 Å². The maximum absolute atomic E-state index is 12.3. The van der Waals surface area contributed by atoms with E-state index >= 15 is 0 Å². The molecule has 0 bridgehead atoms. The van der Waals surface area contributed by atoms with E-state index in [-0.39, 0.29) is 19.0 Å². The van der Waals surface area contributed by atoms with Crippen molar-refractivity contribution in [3.05, 3.63) is 0 Å². The summed E-state index contributed by atoms with van der Waals surface area (Å²) in [5.41, 5.74) is 0. The fourth-order valence-electron chi connectivity index (χ4n) is 2.85. The lowest BCUT2D eigenvalue weighted by Gasteiger charge is -2.21. The van der Waals surface area contributed by atoms with E-state index in [0.29, 0.717) is 13.0 Å². The van der Waals surface area contributed by atoms with Gasteiger partial charge in [-0.15, -0.1) is 0 Å². The zero-order chi connectivity index (χ0) is 18.7. The molecule has 0 unspecified atom stereocenters. The Morgan fingerprint density at radius 1 is 1.20 bits per heavy atom. The SMILES string of the molecule is CCCCCCCCOC(=O)N1C[C@H](OC(=O)N(C)C)C[C@H]1CC#N. The largest absolute Gasteiger partial charge is 0.449 e. The minimum absolute atomic E-state index is 0.210. The molecular formula is C18H31N3O4. The lowest BCUT2D eigenvalue weighted by molar-refractivity contribution is 0.0709. The summed E-state index contributed by atoms with van der Waals surface area (Å²) < 4.78 is 10.7. The van der Waals surface area contributed by atoms with Crippen molar-refractivity contribution in [3.63, 3.8) is 0 Å². The molecule has 2 amide bonds. The molecule has 0 radical (unpaired) electrons. The Morgan fingerprint density at radius 3 is 2.52 bits per heavy atom. The van der Waals surface area contributed by atoms with Gasteiger partial charge in [-0.3, -0.25) is 0 Å². The molecule has 0 aliphatic carbocycles. The van der Waals surface area contributed by atoms with Crippen molar-refractivity contribution in [1.82, 2.24) is 9.80 Å². The Morgan fingerprint density at radius 2 is 1.88 bits per heavy atom. The fourth-order valence-corrected chi connectivity index (χ4v) is 2.85. The van der Waals surface area contributed by atoms with Gasteiger partial charge in [0.2, 0.25) is 0 Å². The molecule has 0 spiro atoms. The molecule has 1 saturated heterocycles. The molecule has 7 heteroatoms. The van der Waals surface area contributed by atoms with Crippen LogP contribution in [0.15, 0.2) is 0 Å². The third-order valence-corrected chi connectivity index (χ3v) is 4.29. The molecule has 1 rings (SSSR count). The zero-order valence-corrected chi connectivity index (χ0v) is 15.7. The quantitative estimate of drug-likeness (QED) is 0.592. The number of carbonyl (C=O) groups excluding carboxylic acids is 2. The van der Waals surface area contributed by atoms with Crippen LogP contribution in [0.4, 0.5) is 9.59 Å². The van der Waals surface area contributed by atoms with E-state index < -0.39 is 18.3 Å². The Balaban J connectivity index is 2.38. The first-order valence-electron chi connectivity index (χ1n) is 9.17. The number of hydrogen-bond acceptors (Lipinski definition) is 5. The van der Waals surface area contributed by atoms with Crippen molar-refractivity contribution in [1.29, 1.82) is 5.26 Å². The van der Waals surface area contributed by atoms with Gasteiger partial charge in [0, 0.05) is 20.5 Å². The molecule has 7 nitrogen and oxygen atoms in total. The number of unbranched alkanes of at least 4 members (excludes halogenated alkanes) is 5. The van der Waals surface area contributed by atoms with Gasteiger partial charge in [-0.1, -0.05) is 39.0 Å². The molecule has 0 N–H and O–H groups in total. The van der Waals surface area contributed by atoms with Crippen LogP contribution >= 0.6 is 0 Å². The van der Waals surface area contributed by atoms with Gasteiger partial charge in [0.25, 0.3) is 0 Å². The smallest absolute Gasteiger partial charge is 0.410 e. The highest BCUT2D eigenvalue weighted by molar-refractivity contribution is 5.69. The summed E-state index contributed by atoms with van der Waals surface area (Å²) >= 11 is 0. The average Bonchev–Trinajstić information content (AvgIpc) is 2.96. The predicted molar refractivity (Wildman–Crippen MR) is 94.0 cm³/mol. The highest BCUT2D eigenvalue weighted by atomic mass is 16.6. The molecule has 142 valence electrons. The number of likely N-dealkylation sites (tertiary alicyclic amines) is 1. The Kier molecular flexibility index (Phi) is 9.75. The van der Waals surface area contributed by atoms with Crippen LogP contribution in [0.1, 0.15) is 58.3 Å². The van der Waals surface area contributed by atoms with Crippen molar-refractivity contribution in [2.45, 2.75) is 70.4 Å². The minimum Gasteiger partial charge on any atom is -0.449 e. The number of rotatable bonds is 9. The van der Waals surface area contributed by atoms with Crippen molar-refractivity contribution < 1.29 is 19.1 Å². The van der Waals surface area contributed by atoms with E-state index in [4.69, 9.17) is 14.7 Å². The molecule has 0 saturated carbocycles. The summed E-state index contributed by atoms with van der Waals surface area (Å²) in [6.45, 7) is 2.85.